The minimum atomic E-state index is -0.251. The van der Waals surface area contributed by atoms with Gasteiger partial charge in [0, 0.05) is 17.0 Å². The van der Waals surface area contributed by atoms with Gasteiger partial charge < -0.3 is 5.32 Å². The Morgan fingerprint density at radius 3 is 2.80 bits per heavy atom. The highest BCUT2D eigenvalue weighted by molar-refractivity contribution is 7.17. The van der Waals surface area contributed by atoms with E-state index in [-0.39, 0.29) is 11.9 Å². The van der Waals surface area contributed by atoms with E-state index in [1.807, 2.05) is 5.38 Å². The van der Waals surface area contributed by atoms with Crippen molar-refractivity contribution in [2.45, 2.75) is 19.5 Å². The van der Waals surface area contributed by atoms with Crippen LogP contribution >= 0.6 is 11.3 Å². The first kappa shape index (κ1) is 15.6. The number of hydrogen-bond acceptors (Lipinski definition) is 6. The zero-order chi connectivity index (χ0) is 17.2. The van der Waals surface area contributed by atoms with Crippen molar-refractivity contribution in [3.63, 3.8) is 0 Å². The molecule has 1 N–H and O–H groups in total. The summed E-state index contributed by atoms with van der Waals surface area (Å²) in [6, 6.07) is 6.56. The van der Waals surface area contributed by atoms with E-state index < -0.39 is 0 Å². The summed E-state index contributed by atoms with van der Waals surface area (Å²) in [6.45, 7) is 2.72. The van der Waals surface area contributed by atoms with E-state index in [0.717, 1.165) is 27.2 Å². The summed E-state index contributed by atoms with van der Waals surface area (Å²) in [5.74, 6) is 0.512. The van der Waals surface area contributed by atoms with Crippen LogP contribution in [0.1, 0.15) is 6.92 Å². The van der Waals surface area contributed by atoms with Crippen LogP contribution in [-0.4, -0.2) is 30.8 Å². The third-order valence-corrected chi connectivity index (χ3v) is 4.72. The standard InChI is InChI=1S/C17H15FN6S/c1-11(6-24-10-19-8-22-24)23-16-15-14(7-25-17(15)21-9-20-16)12-2-4-13(18)5-3-12/h2-5,7-11H,6H2,1H3,(H,20,21,23)/t11-/m1/s1. The molecule has 0 saturated carbocycles. The highest BCUT2D eigenvalue weighted by Crippen LogP contribution is 2.36. The molecular formula is C17H15FN6S. The van der Waals surface area contributed by atoms with E-state index in [2.05, 4.69) is 32.3 Å². The summed E-state index contributed by atoms with van der Waals surface area (Å²) < 4.78 is 15.0. The molecular weight excluding hydrogens is 339 g/mol. The lowest BCUT2D eigenvalue weighted by molar-refractivity contribution is 0.558. The molecule has 8 heteroatoms. The van der Waals surface area contributed by atoms with Gasteiger partial charge in [-0.15, -0.1) is 11.3 Å². The number of benzene rings is 1. The molecule has 4 rings (SSSR count). The van der Waals surface area contributed by atoms with Crippen molar-refractivity contribution < 1.29 is 4.39 Å². The quantitative estimate of drug-likeness (QED) is 0.593. The normalized spacial score (nSPS) is 12.4. The van der Waals surface area contributed by atoms with Gasteiger partial charge in [0.25, 0.3) is 0 Å². The molecule has 1 aromatic carbocycles. The van der Waals surface area contributed by atoms with E-state index in [1.165, 1.54) is 18.5 Å². The number of nitrogens with zero attached hydrogens (tertiary/aromatic N) is 5. The maximum Gasteiger partial charge on any atom is 0.139 e. The molecule has 0 aliphatic rings. The lowest BCUT2D eigenvalue weighted by Crippen LogP contribution is -2.23. The zero-order valence-electron chi connectivity index (χ0n) is 13.4. The van der Waals surface area contributed by atoms with Crippen molar-refractivity contribution in [2.75, 3.05) is 5.32 Å². The van der Waals surface area contributed by atoms with Crippen molar-refractivity contribution in [3.8, 4) is 11.1 Å². The van der Waals surface area contributed by atoms with Crippen LogP contribution in [0.2, 0.25) is 0 Å². The molecule has 0 radical (unpaired) electrons. The van der Waals surface area contributed by atoms with E-state index >= 15 is 0 Å². The Labute approximate surface area is 147 Å². The first-order valence-corrected chi connectivity index (χ1v) is 8.66. The molecule has 0 aliphatic carbocycles. The molecule has 0 saturated heterocycles. The molecule has 3 heterocycles. The van der Waals surface area contributed by atoms with Gasteiger partial charge >= 0.3 is 0 Å². The minimum Gasteiger partial charge on any atom is -0.365 e. The second-order valence-corrected chi connectivity index (χ2v) is 6.58. The molecule has 126 valence electrons. The van der Waals surface area contributed by atoms with Crippen molar-refractivity contribution in [3.05, 3.63) is 54.4 Å². The van der Waals surface area contributed by atoms with Crippen molar-refractivity contribution in [2.24, 2.45) is 0 Å². The fourth-order valence-electron chi connectivity index (χ4n) is 2.71. The average molecular weight is 354 g/mol. The Morgan fingerprint density at radius 1 is 1.20 bits per heavy atom. The first-order valence-electron chi connectivity index (χ1n) is 7.78. The molecule has 6 nitrogen and oxygen atoms in total. The fraction of sp³-hybridized carbons (Fsp3) is 0.176. The third kappa shape index (κ3) is 3.20. The van der Waals surface area contributed by atoms with Crippen molar-refractivity contribution in [1.29, 1.82) is 0 Å². The predicted octanol–water partition coefficient (Wildman–Crippen LogP) is 3.59. The van der Waals surface area contributed by atoms with Gasteiger partial charge in [0.15, 0.2) is 0 Å². The van der Waals surface area contributed by atoms with Gasteiger partial charge in [-0.1, -0.05) is 12.1 Å². The van der Waals surface area contributed by atoms with Crippen LogP contribution < -0.4 is 5.32 Å². The number of fused-ring (bicyclic) bond motifs is 1. The number of thiophene rings is 1. The Bertz CT molecular complexity index is 980. The number of rotatable bonds is 5. The fourth-order valence-corrected chi connectivity index (χ4v) is 3.63. The second-order valence-electron chi connectivity index (χ2n) is 5.72. The zero-order valence-corrected chi connectivity index (χ0v) is 14.2. The van der Waals surface area contributed by atoms with Crippen LogP contribution in [0.3, 0.4) is 0 Å². The van der Waals surface area contributed by atoms with Crippen LogP contribution in [-0.2, 0) is 6.54 Å². The van der Waals surface area contributed by atoms with E-state index in [9.17, 15) is 4.39 Å². The summed E-state index contributed by atoms with van der Waals surface area (Å²) in [5.41, 5.74) is 1.94. The number of anilines is 1. The van der Waals surface area contributed by atoms with Gasteiger partial charge in [0.1, 0.15) is 35.4 Å². The van der Waals surface area contributed by atoms with Gasteiger partial charge in [-0.2, -0.15) is 5.10 Å². The van der Waals surface area contributed by atoms with Crippen LogP contribution in [0.4, 0.5) is 10.2 Å². The highest BCUT2D eigenvalue weighted by atomic mass is 32.1. The molecule has 0 amide bonds. The van der Waals surface area contributed by atoms with E-state index in [0.29, 0.717) is 6.54 Å². The van der Waals surface area contributed by atoms with Gasteiger partial charge in [0.2, 0.25) is 0 Å². The number of aromatic nitrogens is 5. The summed E-state index contributed by atoms with van der Waals surface area (Å²) in [6.07, 6.45) is 4.75. The van der Waals surface area contributed by atoms with Crippen LogP contribution in [0, 0.1) is 5.82 Å². The smallest absolute Gasteiger partial charge is 0.139 e. The summed E-state index contributed by atoms with van der Waals surface area (Å²) in [5, 5.41) is 10.5. The van der Waals surface area contributed by atoms with Crippen molar-refractivity contribution in [1.82, 2.24) is 24.7 Å². The second kappa shape index (κ2) is 6.56. The van der Waals surface area contributed by atoms with Gasteiger partial charge in [-0.25, -0.2) is 19.3 Å². The molecule has 1 atom stereocenters. The van der Waals surface area contributed by atoms with Gasteiger partial charge in [-0.05, 0) is 24.6 Å². The Morgan fingerprint density at radius 2 is 2.04 bits per heavy atom. The monoisotopic (exact) mass is 354 g/mol. The number of hydrogen-bond donors (Lipinski definition) is 1. The lowest BCUT2D eigenvalue weighted by atomic mass is 10.1. The lowest BCUT2D eigenvalue weighted by Gasteiger charge is -2.15. The topological polar surface area (TPSA) is 68.5 Å². The Hall–Kier alpha value is -2.87. The van der Waals surface area contributed by atoms with E-state index in [4.69, 9.17) is 0 Å². The number of halogens is 1. The third-order valence-electron chi connectivity index (χ3n) is 3.84. The molecule has 0 fully saturated rings. The molecule has 0 spiro atoms. The minimum absolute atomic E-state index is 0.0979. The molecule has 4 aromatic rings. The van der Waals surface area contributed by atoms with E-state index in [1.54, 1.807) is 40.8 Å². The Balaban J connectivity index is 1.69. The maximum atomic E-state index is 13.2. The molecule has 0 bridgehead atoms. The average Bonchev–Trinajstić information content (AvgIpc) is 3.25. The predicted molar refractivity (Wildman–Crippen MR) is 95.9 cm³/mol. The highest BCUT2D eigenvalue weighted by Gasteiger charge is 2.15. The largest absolute Gasteiger partial charge is 0.365 e. The van der Waals surface area contributed by atoms with Crippen LogP contribution in [0.15, 0.2) is 48.6 Å². The van der Waals surface area contributed by atoms with Crippen molar-refractivity contribution >= 4 is 27.4 Å². The van der Waals surface area contributed by atoms with Crippen LogP contribution in [0.5, 0.6) is 0 Å². The summed E-state index contributed by atoms with van der Waals surface area (Å²) in [7, 11) is 0. The number of nitrogens with one attached hydrogen (secondary N) is 1. The van der Waals surface area contributed by atoms with Crippen LogP contribution in [0.25, 0.3) is 21.3 Å². The molecule has 3 aromatic heterocycles. The van der Waals surface area contributed by atoms with Gasteiger partial charge in [-0.3, -0.25) is 4.68 Å². The first-order chi connectivity index (χ1) is 12.2. The maximum absolute atomic E-state index is 13.2. The van der Waals surface area contributed by atoms with Gasteiger partial charge in [0.05, 0.1) is 11.9 Å². The summed E-state index contributed by atoms with van der Waals surface area (Å²) >= 11 is 1.55. The summed E-state index contributed by atoms with van der Waals surface area (Å²) in [4.78, 5) is 13.6. The molecule has 0 unspecified atom stereocenters. The molecule has 25 heavy (non-hydrogen) atoms. The molecule has 0 aliphatic heterocycles. The SMILES string of the molecule is C[C@H](Cn1cncn1)Nc1ncnc2scc(-c3ccc(F)cc3)c12. The Kier molecular flexibility index (Phi) is 4.10.